The molecule has 1 aliphatic heterocycles. The minimum absolute atomic E-state index is 0.740. The Bertz CT molecular complexity index is 740. The van der Waals surface area contributed by atoms with Crippen LogP contribution in [0.1, 0.15) is 50.3 Å². The lowest BCUT2D eigenvalue weighted by Gasteiger charge is -2.21. The van der Waals surface area contributed by atoms with Gasteiger partial charge >= 0.3 is 0 Å². The summed E-state index contributed by atoms with van der Waals surface area (Å²) in [6.07, 6.45) is 11.5. The number of ether oxygens (including phenoxy) is 1. The van der Waals surface area contributed by atoms with Gasteiger partial charge in [0.15, 0.2) is 5.58 Å². The summed E-state index contributed by atoms with van der Waals surface area (Å²) in [5.74, 6) is 2.46. The molecule has 2 aliphatic rings. The van der Waals surface area contributed by atoms with E-state index in [-0.39, 0.29) is 0 Å². The number of aryl methyl sites for hydroxylation is 1. The first-order valence-corrected chi connectivity index (χ1v) is 9.72. The third-order valence-electron chi connectivity index (χ3n) is 5.47. The summed E-state index contributed by atoms with van der Waals surface area (Å²) in [6, 6.07) is 4.21. The van der Waals surface area contributed by atoms with Gasteiger partial charge in [-0.1, -0.05) is 17.3 Å². The van der Waals surface area contributed by atoms with Crippen LogP contribution in [-0.2, 0) is 6.42 Å². The second-order valence-corrected chi connectivity index (χ2v) is 7.47. The molecule has 0 unspecified atom stereocenters. The van der Waals surface area contributed by atoms with Crippen LogP contribution in [0.2, 0.25) is 0 Å². The molecule has 4 heteroatoms. The van der Waals surface area contributed by atoms with Crippen LogP contribution < -0.4 is 10.1 Å². The molecule has 1 aliphatic carbocycles. The Hall–Kier alpha value is -1.81. The Morgan fingerprint density at radius 1 is 1.20 bits per heavy atom. The maximum absolute atomic E-state index is 6.04. The van der Waals surface area contributed by atoms with E-state index in [1.165, 1.54) is 32.1 Å². The Morgan fingerprint density at radius 3 is 2.80 bits per heavy atom. The van der Waals surface area contributed by atoms with Crippen molar-refractivity contribution in [2.45, 2.75) is 45.4 Å². The second-order valence-electron chi connectivity index (χ2n) is 7.47. The lowest BCUT2D eigenvalue weighted by molar-refractivity contribution is 0.299. The molecule has 1 saturated carbocycles. The van der Waals surface area contributed by atoms with E-state index in [0.717, 1.165) is 65.9 Å². The van der Waals surface area contributed by atoms with Gasteiger partial charge in [-0.05, 0) is 82.5 Å². The lowest BCUT2D eigenvalue weighted by Crippen LogP contribution is -2.27. The molecule has 0 amide bonds. The van der Waals surface area contributed by atoms with E-state index < -0.39 is 0 Å². The summed E-state index contributed by atoms with van der Waals surface area (Å²) in [7, 11) is 0. The van der Waals surface area contributed by atoms with Crippen LogP contribution in [0, 0.1) is 11.8 Å². The fourth-order valence-corrected chi connectivity index (χ4v) is 3.69. The number of hydrogen-bond acceptors (Lipinski definition) is 4. The molecule has 1 saturated heterocycles. The smallest absolute Gasteiger partial charge is 0.178 e. The largest absolute Gasteiger partial charge is 0.493 e. The lowest BCUT2D eigenvalue weighted by atomic mass is 9.92. The number of fused-ring (bicyclic) bond motifs is 1. The minimum Gasteiger partial charge on any atom is -0.493 e. The van der Waals surface area contributed by atoms with Crippen LogP contribution in [0.4, 0.5) is 0 Å². The number of nitrogens with zero attached hydrogens (tertiary/aromatic N) is 1. The highest BCUT2D eigenvalue weighted by Gasteiger charge is 2.23. The van der Waals surface area contributed by atoms with E-state index in [2.05, 4.69) is 28.7 Å². The molecule has 2 heterocycles. The van der Waals surface area contributed by atoms with Crippen molar-refractivity contribution in [1.29, 1.82) is 0 Å². The van der Waals surface area contributed by atoms with Crippen LogP contribution in [0.15, 0.2) is 22.7 Å². The van der Waals surface area contributed by atoms with Gasteiger partial charge in [0.2, 0.25) is 0 Å². The van der Waals surface area contributed by atoms with Crippen molar-refractivity contribution in [2.75, 3.05) is 19.7 Å². The van der Waals surface area contributed by atoms with E-state index in [9.17, 15) is 0 Å². The Balaban J connectivity index is 1.53. The second kappa shape index (κ2) is 7.61. The van der Waals surface area contributed by atoms with Crippen molar-refractivity contribution in [3.63, 3.8) is 0 Å². The van der Waals surface area contributed by atoms with Crippen LogP contribution in [0.3, 0.4) is 0 Å². The zero-order chi connectivity index (χ0) is 17.1. The van der Waals surface area contributed by atoms with E-state index in [0.29, 0.717) is 0 Å². The maximum Gasteiger partial charge on any atom is 0.178 e. The third-order valence-corrected chi connectivity index (χ3v) is 5.47. The molecule has 2 fully saturated rings. The molecule has 4 rings (SSSR count). The highest BCUT2D eigenvalue weighted by atomic mass is 16.5. The summed E-state index contributed by atoms with van der Waals surface area (Å²) in [5, 5.41) is 8.96. The van der Waals surface area contributed by atoms with Crippen molar-refractivity contribution in [3.8, 4) is 5.75 Å². The average Bonchev–Trinajstić information content (AvgIpc) is 3.39. The van der Waals surface area contributed by atoms with Crippen molar-refractivity contribution in [3.05, 3.63) is 29.5 Å². The van der Waals surface area contributed by atoms with Gasteiger partial charge in [0.25, 0.3) is 0 Å². The van der Waals surface area contributed by atoms with E-state index >= 15 is 0 Å². The predicted octanol–water partition coefficient (Wildman–Crippen LogP) is 4.58. The molecule has 25 heavy (non-hydrogen) atoms. The molecular weight excluding hydrogens is 312 g/mol. The molecule has 4 nitrogen and oxygen atoms in total. The number of allylic oxidation sites excluding steroid dienone is 1. The molecule has 2 aromatic rings. The summed E-state index contributed by atoms with van der Waals surface area (Å²) in [4.78, 5) is 0. The maximum atomic E-state index is 6.04. The van der Waals surface area contributed by atoms with Crippen molar-refractivity contribution in [1.82, 2.24) is 10.5 Å². The topological polar surface area (TPSA) is 47.3 Å². The molecule has 0 bridgehead atoms. The minimum atomic E-state index is 0.740. The van der Waals surface area contributed by atoms with Gasteiger partial charge in [-0.2, -0.15) is 0 Å². The zero-order valence-electron chi connectivity index (χ0n) is 15.1. The number of hydrogen-bond donors (Lipinski definition) is 1. The molecule has 1 aromatic heterocycles. The monoisotopic (exact) mass is 340 g/mol. The average molecular weight is 340 g/mol. The number of piperidine rings is 1. The third kappa shape index (κ3) is 3.90. The van der Waals surface area contributed by atoms with Gasteiger partial charge in [-0.25, -0.2) is 0 Å². The number of nitrogens with one attached hydrogen (secondary N) is 1. The van der Waals surface area contributed by atoms with Gasteiger partial charge in [0.05, 0.1) is 17.9 Å². The van der Waals surface area contributed by atoms with Gasteiger partial charge in [-0.3, -0.25) is 0 Å². The Kier molecular flexibility index (Phi) is 5.07. The normalized spacial score (nSPS) is 19.1. The summed E-state index contributed by atoms with van der Waals surface area (Å²) < 4.78 is 11.8. The Labute approximate surface area is 149 Å². The van der Waals surface area contributed by atoms with Crippen LogP contribution in [0.25, 0.3) is 17.0 Å². The SMILES string of the molecule is C/C=C/c1c(OCC2CC2)ccc2c(CCC3CCNCC3)noc12. The molecule has 0 radical (unpaired) electrons. The number of benzene rings is 1. The first-order valence-electron chi connectivity index (χ1n) is 9.72. The molecular formula is C21H28N2O2. The summed E-state index contributed by atoms with van der Waals surface area (Å²) in [5.41, 5.74) is 2.99. The van der Waals surface area contributed by atoms with E-state index in [1.54, 1.807) is 0 Å². The van der Waals surface area contributed by atoms with Gasteiger partial charge in [-0.15, -0.1) is 0 Å². The predicted molar refractivity (Wildman–Crippen MR) is 101 cm³/mol. The van der Waals surface area contributed by atoms with Crippen molar-refractivity contribution >= 4 is 17.0 Å². The quantitative estimate of drug-likeness (QED) is 0.801. The highest BCUT2D eigenvalue weighted by molar-refractivity contribution is 5.90. The number of aromatic nitrogens is 1. The zero-order valence-corrected chi connectivity index (χ0v) is 15.1. The van der Waals surface area contributed by atoms with E-state index in [4.69, 9.17) is 9.26 Å². The first-order chi connectivity index (χ1) is 12.3. The standard InChI is InChI=1S/C21H28N2O2/c1-2-3-18-20(24-14-16-4-5-16)9-7-17-19(23-25-21(17)18)8-6-15-10-12-22-13-11-15/h2-3,7,9,15-16,22H,4-6,8,10-14H2,1H3/b3-2+. The molecule has 1 aromatic carbocycles. The van der Waals surface area contributed by atoms with Gasteiger partial charge in [0, 0.05) is 5.39 Å². The van der Waals surface area contributed by atoms with E-state index in [1.807, 2.05) is 13.0 Å². The van der Waals surface area contributed by atoms with Crippen molar-refractivity contribution < 1.29 is 9.26 Å². The highest BCUT2D eigenvalue weighted by Crippen LogP contribution is 2.35. The van der Waals surface area contributed by atoms with Gasteiger partial charge in [0.1, 0.15) is 5.75 Å². The summed E-state index contributed by atoms with van der Waals surface area (Å²) in [6.45, 7) is 5.14. The molecule has 1 N–H and O–H groups in total. The van der Waals surface area contributed by atoms with Crippen molar-refractivity contribution in [2.24, 2.45) is 11.8 Å². The van der Waals surface area contributed by atoms with Gasteiger partial charge < -0.3 is 14.6 Å². The molecule has 0 atom stereocenters. The first kappa shape index (κ1) is 16.6. The molecule has 0 spiro atoms. The number of rotatable bonds is 7. The fourth-order valence-electron chi connectivity index (χ4n) is 3.69. The van der Waals surface area contributed by atoms with Crippen LogP contribution in [0.5, 0.6) is 5.75 Å². The Morgan fingerprint density at radius 2 is 2.04 bits per heavy atom. The van der Waals surface area contributed by atoms with Crippen LogP contribution in [-0.4, -0.2) is 24.9 Å². The summed E-state index contributed by atoms with van der Waals surface area (Å²) >= 11 is 0. The molecule has 134 valence electrons. The fraction of sp³-hybridized carbons (Fsp3) is 0.571. The van der Waals surface area contributed by atoms with Crippen LogP contribution >= 0.6 is 0 Å².